The highest BCUT2D eigenvalue weighted by Gasteiger charge is 2.70. The fourth-order valence-corrected chi connectivity index (χ4v) is 14.2. The smallest absolute Gasteiger partial charge is 0.309 e. The van der Waals surface area contributed by atoms with Crippen LogP contribution in [0.5, 0.6) is 0 Å². The number of carboxylic acid groups (broad SMARTS) is 1. The number of carbonyl (C=O) groups excluding carboxylic acids is 2. The van der Waals surface area contributed by atoms with Gasteiger partial charge < -0.3 is 14.7 Å². The van der Waals surface area contributed by atoms with E-state index in [4.69, 9.17) is 4.74 Å². The lowest BCUT2D eigenvalue weighted by Crippen LogP contribution is -2.66. The van der Waals surface area contributed by atoms with Gasteiger partial charge in [-0.1, -0.05) is 41.0 Å². The van der Waals surface area contributed by atoms with Gasteiger partial charge in [0.05, 0.1) is 11.8 Å². The summed E-state index contributed by atoms with van der Waals surface area (Å²) in [5.41, 5.74) is -0.511. The maximum Gasteiger partial charge on any atom is 0.309 e. The fourth-order valence-electron chi connectivity index (χ4n) is 13.1. The molecule has 1 amide bonds. The standard InChI is InChI=1S/C38H61NO6S/c1-33(2,32(42)43)24-31(41)45-29-13-15-35(5)27(34(29,3)4)12-16-37(7)28(35)11-10-25-26-9-8-14-38(26,18-17-36(25,37)6)23-30(40)39-19-21-46(44)22-20-39/h25-29H,8-24H2,1-7H3,(H,42,43)/t25-,26-,27?,28?,29+,35+,36-,37-,38-/m1/s1. The number of nitrogens with zero attached hydrogens (tertiary/aromatic N) is 1. The van der Waals surface area contributed by atoms with Crippen LogP contribution in [0.1, 0.15) is 132 Å². The zero-order valence-corrected chi connectivity index (χ0v) is 30.6. The summed E-state index contributed by atoms with van der Waals surface area (Å²) in [5.74, 6) is 2.56. The lowest BCUT2D eigenvalue weighted by molar-refractivity contribution is -0.248. The van der Waals surface area contributed by atoms with Crippen molar-refractivity contribution in [3.8, 4) is 0 Å². The van der Waals surface area contributed by atoms with Gasteiger partial charge in [-0.05, 0) is 123 Å². The molecule has 1 heterocycles. The predicted octanol–water partition coefficient (Wildman–Crippen LogP) is 7.24. The van der Waals surface area contributed by atoms with Crippen molar-refractivity contribution in [2.24, 2.45) is 56.2 Å². The molecule has 260 valence electrons. The number of carboxylic acids is 1. The second-order valence-electron chi connectivity index (χ2n) is 18.6. The van der Waals surface area contributed by atoms with Gasteiger partial charge in [0.25, 0.3) is 0 Å². The molecule has 0 aromatic carbocycles. The molecule has 2 unspecified atom stereocenters. The van der Waals surface area contributed by atoms with E-state index in [1.165, 1.54) is 44.9 Å². The molecule has 1 N–H and O–H groups in total. The molecule has 0 bridgehead atoms. The van der Waals surface area contributed by atoms with Gasteiger partial charge in [-0.15, -0.1) is 0 Å². The number of rotatable bonds is 6. The number of fused-ring (bicyclic) bond motifs is 7. The summed E-state index contributed by atoms with van der Waals surface area (Å²) in [6.45, 7) is 16.9. The number of ether oxygens (including phenoxy) is 1. The molecular weight excluding hydrogens is 598 g/mol. The van der Waals surface area contributed by atoms with Crippen molar-refractivity contribution in [3.05, 3.63) is 0 Å². The van der Waals surface area contributed by atoms with Crippen LogP contribution in [0, 0.1) is 56.2 Å². The summed E-state index contributed by atoms with van der Waals surface area (Å²) in [4.78, 5) is 40.3. The van der Waals surface area contributed by atoms with Crippen LogP contribution in [-0.4, -0.2) is 62.8 Å². The first-order valence-corrected chi connectivity index (χ1v) is 19.9. The van der Waals surface area contributed by atoms with Crippen molar-refractivity contribution in [2.45, 2.75) is 138 Å². The largest absolute Gasteiger partial charge is 0.481 e. The van der Waals surface area contributed by atoms with Gasteiger partial charge in [0.15, 0.2) is 0 Å². The molecule has 46 heavy (non-hydrogen) atoms. The van der Waals surface area contributed by atoms with Gasteiger partial charge in [0.1, 0.15) is 6.10 Å². The zero-order chi connectivity index (χ0) is 33.5. The number of hydrogen-bond donors (Lipinski definition) is 1. The molecule has 8 heteroatoms. The summed E-state index contributed by atoms with van der Waals surface area (Å²) in [5, 5.41) is 9.56. The van der Waals surface area contributed by atoms with Crippen molar-refractivity contribution < 1.29 is 28.4 Å². The van der Waals surface area contributed by atoms with E-state index in [-0.39, 0.29) is 39.6 Å². The van der Waals surface area contributed by atoms with E-state index < -0.39 is 28.2 Å². The highest BCUT2D eigenvalue weighted by Crippen LogP contribution is 2.77. The van der Waals surface area contributed by atoms with Gasteiger partial charge >= 0.3 is 11.9 Å². The quantitative estimate of drug-likeness (QED) is 0.302. The Bertz CT molecular complexity index is 1270. The molecule has 0 spiro atoms. The molecule has 6 aliphatic rings. The van der Waals surface area contributed by atoms with Crippen molar-refractivity contribution in [1.82, 2.24) is 4.90 Å². The Balaban J connectivity index is 1.19. The number of aliphatic carboxylic acids is 1. The number of carbonyl (C=O) groups is 3. The Morgan fingerprint density at radius 1 is 0.826 bits per heavy atom. The summed E-state index contributed by atoms with van der Waals surface area (Å²) < 4.78 is 18.1. The molecule has 7 nitrogen and oxygen atoms in total. The van der Waals surface area contributed by atoms with Crippen LogP contribution in [0.3, 0.4) is 0 Å². The number of hydrogen-bond acceptors (Lipinski definition) is 5. The number of amides is 1. The SMILES string of the molecule is CC(C)(CC(=O)O[C@H]1CC[C@@]2(C)C(CC[C@]3(C)C2CC[C@@H]2[C@H]4CCC[C@]4(CC(=O)N4CCS(=O)CC4)CC[C@]23C)C1(C)C)C(=O)O. The first-order chi connectivity index (χ1) is 21.4. The van der Waals surface area contributed by atoms with Crippen molar-refractivity contribution in [1.29, 1.82) is 0 Å². The van der Waals surface area contributed by atoms with Gasteiger partial charge in [-0.3, -0.25) is 18.6 Å². The van der Waals surface area contributed by atoms with E-state index in [1.807, 2.05) is 4.90 Å². The first kappa shape index (κ1) is 34.4. The summed E-state index contributed by atoms with van der Waals surface area (Å²) in [7, 11) is -0.768. The van der Waals surface area contributed by atoms with Gasteiger partial charge in [-0.25, -0.2) is 0 Å². The van der Waals surface area contributed by atoms with E-state index in [0.717, 1.165) is 25.7 Å². The van der Waals surface area contributed by atoms with Gasteiger partial charge in [0.2, 0.25) is 5.91 Å². The van der Waals surface area contributed by atoms with Gasteiger partial charge in [0, 0.05) is 47.2 Å². The van der Waals surface area contributed by atoms with Crippen molar-refractivity contribution in [3.63, 3.8) is 0 Å². The van der Waals surface area contributed by atoms with Crippen LogP contribution >= 0.6 is 0 Å². The Hall–Kier alpha value is -1.44. The van der Waals surface area contributed by atoms with Crippen molar-refractivity contribution in [2.75, 3.05) is 24.6 Å². The second kappa shape index (κ2) is 11.6. The molecule has 6 rings (SSSR count). The van der Waals surface area contributed by atoms with E-state index >= 15 is 0 Å². The maximum absolute atomic E-state index is 13.7. The van der Waals surface area contributed by atoms with Crippen LogP contribution < -0.4 is 0 Å². The highest BCUT2D eigenvalue weighted by atomic mass is 32.2. The number of esters is 1. The normalized spacial score (nSPS) is 43.9. The minimum Gasteiger partial charge on any atom is -0.481 e. The molecular formula is C38H61NO6S. The molecule has 0 aromatic heterocycles. The van der Waals surface area contributed by atoms with Gasteiger partial charge in [-0.2, -0.15) is 0 Å². The average Bonchev–Trinajstić information content (AvgIpc) is 3.38. The van der Waals surface area contributed by atoms with E-state index in [1.54, 1.807) is 13.8 Å². The molecule has 5 aliphatic carbocycles. The molecule has 5 saturated carbocycles. The van der Waals surface area contributed by atoms with E-state index in [9.17, 15) is 23.7 Å². The Kier molecular flexibility index (Phi) is 8.66. The molecule has 1 aliphatic heterocycles. The summed E-state index contributed by atoms with van der Waals surface area (Å²) in [6, 6.07) is 0. The third kappa shape index (κ3) is 5.23. The van der Waals surface area contributed by atoms with Crippen LogP contribution in [0.2, 0.25) is 0 Å². The van der Waals surface area contributed by atoms with E-state index in [2.05, 4.69) is 34.6 Å². The summed E-state index contributed by atoms with van der Waals surface area (Å²) in [6.07, 6.45) is 13.2. The molecule has 0 radical (unpaired) electrons. The predicted molar refractivity (Wildman–Crippen MR) is 180 cm³/mol. The lowest BCUT2D eigenvalue weighted by atomic mass is 9.32. The second-order valence-corrected chi connectivity index (χ2v) is 20.3. The molecule has 6 fully saturated rings. The third-order valence-electron chi connectivity index (χ3n) is 16.0. The lowest BCUT2D eigenvalue weighted by Gasteiger charge is -2.72. The Labute approximate surface area is 280 Å². The van der Waals surface area contributed by atoms with Crippen LogP contribution in [-0.2, 0) is 29.9 Å². The van der Waals surface area contributed by atoms with Crippen LogP contribution in [0.25, 0.3) is 0 Å². The maximum atomic E-state index is 13.7. The minimum absolute atomic E-state index is 0.107. The van der Waals surface area contributed by atoms with E-state index in [0.29, 0.717) is 60.6 Å². The zero-order valence-electron chi connectivity index (χ0n) is 29.8. The summed E-state index contributed by atoms with van der Waals surface area (Å²) >= 11 is 0. The van der Waals surface area contributed by atoms with Crippen LogP contribution in [0.4, 0.5) is 0 Å². The van der Waals surface area contributed by atoms with Crippen molar-refractivity contribution >= 4 is 28.6 Å². The molecule has 0 aromatic rings. The highest BCUT2D eigenvalue weighted by molar-refractivity contribution is 7.85. The fraction of sp³-hybridized carbons (Fsp3) is 0.921. The average molecular weight is 660 g/mol. The molecule has 1 saturated heterocycles. The third-order valence-corrected chi connectivity index (χ3v) is 17.2. The molecule has 9 atom stereocenters. The first-order valence-electron chi connectivity index (χ1n) is 18.5. The van der Waals surface area contributed by atoms with Crippen LogP contribution in [0.15, 0.2) is 0 Å². The minimum atomic E-state index is -1.13. The Morgan fingerprint density at radius 2 is 1.52 bits per heavy atom. The topological polar surface area (TPSA) is 101 Å². The monoisotopic (exact) mass is 659 g/mol. The Morgan fingerprint density at radius 3 is 2.20 bits per heavy atom.